The third-order valence-corrected chi connectivity index (χ3v) is 2.71. The number of benzene rings is 1. The maximum Gasteiger partial charge on any atom is 0.162 e. The van der Waals surface area contributed by atoms with Crippen LogP contribution in [0.15, 0.2) is 39.3 Å². The Morgan fingerprint density at radius 1 is 1.29 bits per heavy atom. The van der Waals surface area contributed by atoms with E-state index in [1.165, 1.54) is 0 Å². The van der Waals surface area contributed by atoms with Gasteiger partial charge in [-0.2, -0.15) is 0 Å². The lowest BCUT2D eigenvalue weighted by Crippen LogP contribution is -1.95. The molecule has 1 aromatic carbocycles. The summed E-state index contributed by atoms with van der Waals surface area (Å²) in [6.45, 7) is 1.33. The predicted octanol–water partition coefficient (Wildman–Crippen LogP) is 2.61. The molecular formula is C12H13BrN2O2. The molecule has 5 heteroatoms. The first-order valence-electron chi connectivity index (χ1n) is 5.24. The van der Waals surface area contributed by atoms with Gasteiger partial charge in [0.05, 0.1) is 12.3 Å². The van der Waals surface area contributed by atoms with E-state index in [-0.39, 0.29) is 0 Å². The molecule has 4 nitrogen and oxygen atoms in total. The Morgan fingerprint density at radius 2 is 2.18 bits per heavy atom. The lowest BCUT2D eigenvalue weighted by molar-refractivity contribution is 0.0883. The number of ether oxygens (including phenoxy) is 1. The van der Waals surface area contributed by atoms with Gasteiger partial charge in [-0.25, -0.2) is 0 Å². The van der Waals surface area contributed by atoms with Crippen LogP contribution in [0.25, 0.3) is 0 Å². The highest BCUT2D eigenvalue weighted by Gasteiger charge is 2.02. The zero-order valence-corrected chi connectivity index (χ0v) is 10.8. The summed E-state index contributed by atoms with van der Waals surface area (Å²) in [7, 11) is 0. The van der Waals surface area contributed by atoms with Crippen molar-refractivity contribution in [3.63, 3.8) is 0 Å². The topological polar surface area (TPSA) is 61.3 Å². The third kappa shape index (κ3) is 3.66. The highest BCUT2D eigenvalue weighted by molar-refractivity contribution is 9.10. The average molecular weight is 297 g/mol. The van der Waals surface area contributed by atoms with Gasteiger partial charge in [0.15, 0.2) is 5.76 Å². The number of hydrogen-bond donors (Lipinski definition) is 1. The molecule has 0 saturated carbocycles. The second-order valence-electron chi connectivity index (χ2n) is 3.61. The smallest absolute Gasteiger partial charge is 0.162 e. The number of nitrogens with two attached hydrogens (primary N) is 1. The molecule has 0 spiro atoms. The van der Waals surface area contributed by atoms with Gasteiger partial charge in [-0.05, 0) is 17.7 Å². The second kappa shape index (κ2) is 5.95. The number of rotatable bonds is 5. The molecule has 1 aromatic heterocycles. The van der Waals surface area contributed by atoms with E-state index in [0.717, 1.165) is 15.7 Å². The fraction of sp³-hybridized carbons (Fsp3) is 0.250. The molecule has 0 atom stereocenters. The molecule has 0 aliphatic heterocycles. The summed E-state index contributed by atoms with van der Waals surface area (Å²) in [4.78, 5) is 0. The van der Waals surface area contributed by atoms with Crippen LogP contribution >= 0.6 is 15.9 Å². The molecule has 0 bridgehead atoms. The summed E-state index contributed by atoms with van der Waals surface area (Å²) in [6, 6.07) is 9.79. The van der Waals surface area contributed by atoms with Crippen LogP contribution in [0.3, 0.4) is 0 Å². The lowest BCUT2D eigenvalue weighted by atomic mass is 10.2. The first kappa shape index (κ1) is 12.3. The Labute approximate surface area is 108 Å². The standard InChI is InChI=1S/C12H13BrN2O2/c13-10-3-1-2-9(4-10)7-16-8-12-5-11(6-14)15-17-12/h1-5H,6-8,14H2. The van der Waals surface area contributed by atoms with E-state index >= 15 is 0 Å². The minimum atomic E-state index is 0.384. The van der Waals surface area contributed by atoms with Crippen molar-refractivity contribution in [3.05, 3.63) is 51.8 Å². The highest BCUT2D eigenvalue weighted by Crippen LogP contribution is 2.13. The first-order chi connectivity index (χ1) is 8.28. The molecule has 17 heavy (non-hydrogen) atoms. The van der Waals surface area contributed by atoms with E-state index in [4.69, 9.17) is 15.0 Å². The fourth-order valence-electron chi connectivity index (χ4n) is 1.42. The number of aromatic nitrogens is 1. The molecule has 0 saturated heterocycles. The summed E-state index contributed by atoms with van der Waals surface area (Å²) in [5, 5.41) is 3.79. The van der Waals surface area contributed by atoms with Gasteiger partial charge in [-0.1, -0.05) is 33.2 Å². The Balaban J connectivity index is 1.83. The van der Waals surface area contributed by atoms with Crippen LogP contribution in [-0.4, -0.2) is 5.16 Å². The zero-order valence-electron chi connectivity index (χ0n) is 9.23. The van der Waals surface area contributed by atoms with Crippen LogP contribution in [0.2, 0.25) is 0 Å². The fourth-order valence-corrected chi connectivity index (χ4v) is 1.86. The van der Waals surface area contributed by atoms with Crippen LogP contribution in [0.1, 0.15) is 17.0 Å². The van der Waals surface area contributed by atoms with Crippen LogP contribution < -0.4 is 5.73 Å². The van der Waals surface area contributed by atoms with Crippen molar-refractivity contribution in [2.45, 2.75) is 19.8 Å². The summed E-state index contributed by atoms with van der Waals surface area (Å²) >= 11 is 3.41. The molecule has 0 aliphatic carbocycles. The van der Waals surface area contributed by atoms with E-state index in [1.54, 1.807) is 6.07 Å². The normalized spacial score (nSPS) is 10.7. The van der Waals surface area contributed by atoms with Crippen LogP contribution in [0.5, 0.6) is 0 Å². The molecule has 0 unspecified atom stereocenters. The van der Waals surface area contributed by atoms with Crippen LogP contribution in [0.4, 0.5) is 0 Å². The summed E-state index contributed by atoms with van der Waals surface area (Å²) < 4.78 is 11.6. The Morgan fingerprint density at radius 3 is 2.88 bits per heavy atom. The molecule has 0 fully saturated rings. The van der Waals surface area contributed by atoms with Crippen molar-refractivity contribution in [1.82, 2.24) is 5.16 Å². The Kier molecular flexibility index (Phi) is 4.30. The maximum absolute atomic E-state index is 5.52. The quantitative estimate of drug-likeness (QED) is 0.921. The van der Waals surface area contributed by atoms with Crippen LogP contribution in [0, 0.1) is 0 Å². The lowest BCUT2D eigenvalue weighted by Gasteiger charge is -2.02. The van der Waals surface area contributed by atoms with Crippen molar-refractivity contribution >= 4 is 15.9 Å². The van der Waals surface area contributed by atoms with Gasteiger partial charge in [0.2, 0.25) is 0 Å². The van der Waals surface area contributed by atoms with Gasteiger partial charge in [-0.3, -0.25) is 0 Å². The number of nitrogens with zero attached hydrogens (tertiary/aromatic N) is 1. The minimum Gasteiger partial charge on any atom is -0.369 e. The van der Waals surface area contributed by atoms with E-state index in [9.17, 15) is 0 Å². The molecule has 0 radical (unpaired) electrons. The van der Waals surface area contributed by atoms with Gasteiger partial charge in [0, 0.05) is 17.1 Å². The van der Waals surface area contributed by atoms with E-state index in [0.29, 0.717) is 25.5 Å². The summed E-state index contributed by atoms with van der Waals surface area (Å²) in [5.41, 5.74) is 7.28. The van der Waals surface area contributed by atoms with E-state index in [1.807, 2.05) is 24.3 Å². The second-order valence-corrected chi connectivity index (χ2v) is 4.53. The van der Waals surface area contributed by atoms with Crippen LogP contribution in [-0.2, 0) is 24.5 Å². The average Bonchev–Trinajstić information content (AvgIpc) is 2.77. The summed E-state index contributed by atoms with van der Waals surface area (Å²) in [5.74, 6) is 0.695. The maximum atomic E-state index is 5.52. The van der Waals surface area contributed by atoms with Crippen molar-refractivity contribution in [2.24, 2.45) is 5.73 Å². The molecule has 90 valence electrons. The van der Waals surface area contributed by atoms with Gasteiger partial charge < -0.3 is 15.0 Å². The van der Waals surface area contributed by atoms with Crippen molar-refractivity contribution in [1.29, 1.82) is 0 Å². The monoisotopic (exact) mass is 296 g/mol. The number of hydrogen-bond acceptors (Lipinski definition) is 4. The van der Waals surface area contributed by atoms with E-state index < -0.39 is 0 Å². The third-order valence-electron chi connectivity index (χ3n) is 2.22. The Hall–Kier alpha value is -1.17. The van der Waals surface area contributed by atoms with Gasteiger partial charge >= 0.3 is 0 Å². The van der Waals surface area contributed by atoms with Gasteiger partial charge in [0.1, 0.15) is 6.61 Å². The van der Waals surface area contributed by atoms with Crippen molar-refractivity contribution < 1.29 is 9.26 Å². The van der Waals surface area contributed by atoms with Gasteiger partial charge in [0.25, 0.3) is 0 Å². The highest BCUT2D eigenvalue weighted by atomic mass is 79.9. The number of halogens is 1. The SMILES string of the molecule is NCc1cc(COCc2cccc(Br)c2)on1. The zero-order chi connectivity index (χ0) is 12.1. The molecule has 2 N–H and O–H groups in total. The summed E-state index contributed by atoms with van der Waals surface area (Å²) in [6.07, 6.45) is 0. The molecule has 0 amide bonds. The molecule has 0 aliphatic rings. The van der Waals surface area contributed by atoms with E-state index in [2.05, 4.69) is 21.1 Å². The molecule has 2 rings (SSSR count). The van der Waals surface area contributed by atoms with Crippen molar-refractivity contribution in [3.8, 4) is 0 Å². The predicted molar refractivity (Wildman–Crippen MR) is 67.0 cm³/mol. The molecule has 1 heterocycles. The first-order valence-corrected chi connectivity index (χ1v) is 6.04. The largest absolute Gasteiger partial charge is 0.369 e. The minimum absolute atomic E-state index is 0.384. The Bertz CT molecular complexity index is 485. The molecule has 2 aromatic rings. The van der Waals surface area contributed by atoms with Crippen molar-refractivity contribution in [2.75, 3.05) is 0 Å². The molecular weight excluding hydrogens is 284 g/mol. The van der Waals surface area contributed by atoms with Gasteiger partial charge in [-0.15, -0.1) is 0 Å².